The fourth-order valence-corrected chi connectivity index (χ4v) is 2.35. The van der Waals surface area contributed by atoms with Crippen LogP contribution in [0.2, 0.25) is 0 Å². The lowest BCUT2D eigenvalue weighted by atomic mass is 9.88. The molecular formula is C14H27NO. The van der Waals surface area contributed by atoms with Crippen LogP contribution >= 0.6 is 0 Å². The summed E-state index contributed by atoms with van der Waals surface area (Å²) < 4.78 is 0. The Kier molecular flexibility index (Phi) is 6.51. The van der Waals surface area contributed by atoms with Crippen LogP contribution in [0.25, 0.3) is 0 Å². The molecule has 94 valence electrons. The van der Waals surface area contributed by atoms with Crippen molar-refractivity contribution in [2.75, 3.05) is 0 Å². The zero-order valence-electron chi connectivity index (χ0n) is 10.9. The van der Waals surface area contributed by atoms with Crippen LogP contribution in [-0.4, -0.2) is 11.9 Å². The van der Waals surface area contributed by atoms with E-state index in [1.165, 1.54) is 57.8 Å². The topological polar surface area (TPSA) is 29.1 Å². The van der Waals surface area contributed by atoms with Gasteiger partial charge in [0.2, 0.25) is 5.91 Å². The highest BCUT2D eigenvalue weighted by molar-refractivity contribution is 5.85. The van der Waals surface area contributed by atoms with E-state index >= 15 is 0 Å². The van der Waals surface area contributed by atoms with Crippen LogP contribution in [0.4, 0.5) is 0 Å². The van der Waals surface area contributed by atoms with Crippen molar-refractivity contribution in [1.29, 1.82) is 0 Å². The predicted molar refractivity (Wildman–Crippen MR) is 68.3 cm³/mol. The molecule has 0 aromatic rings. The van der Waals surface area contributed by atoms with Gasteiger partial charge in [0.1, 0.15) is 0 Å². The normalized spacial score (nSPS) is 24.0. The number of amides is 1. The minimum absolute atomic E-state index is 0.240. The molecule has 0 spiro atoms. The number of unbranched alkanes of at least 4 members (excludes halogenated alkanes) is 7. The Morgan fingerprint density at radius 2 is 1.56 bits per heavy atom. The Bertz CT molecular complexity index is 203. The first-order chi connectivity index (χ1) is 7.75. The van der Waals surface area contributed by atoms with Gasteiger partial charge in [0, 0.05) is 6.04 Å². The summed E-state index contributed by atoms with van der Waals surface area (Å²) in [5, 5.41) is 2.97. The summed E-state index contributed by atoms with van der Waals surface area (Å²) in [5.74, 6) is 0.508. The maximum absolute atomic E-state index is 11.0. The molecule has 1 saturated heterocycles. The summed E-state index contributed by atoms with van der Waals surface area (Å²) in [6.45, 7) is 4.29. The smallest absolute Gasteiger partial charge is 0.225 e. The van der Waals surface area contributed by atoms with Crippen LogP contribution in [0.5, 0.6) is 0 Å². The zero-order chi connectivity index (χ0) is 11.8. The van der Waals surface area contributed by atoms with Crippen LogP contribution in [0, 0.1) is 5.92 Å². The van der Waals surface area contributed by atoms with E-state index in [4.69, 9.17) is 0 Å². The Balaban J connectivity index is 1.80. The van der Waals surface area contributed by atoms with E-state index in [1.54, 1.807) is 0 Å². The van der Waals surface area contributed by atoms with E-state index in [9.17, 15) is 4.79 Å². The minimum atomic E-state index is 0.240. The fraction of sp³-hybridized carbons (Fsp3) is 0.929. The maximum Gasteiger partial charge on any atom is 0.225 e. The Hall–Kier alpha value is -0.530. The number of hydrogen-bond donors (Lipinski definition) is 1. The molecule has 1 heterocycles. The van der Waals surface area contributed by atoms with Crippen molar-refractivity contribution in [3.8, 4) is 0 Å². The van der Waals surface area contributed by atoms with Crippen LogP contribution in [0.3, 0.4) is 0 Å². The molecule has 0 aliphatic carbocycles. The molecule has 2 atom stereocenters. The lowest BCUT2D eigenvalue weighted by molar-refractivity contribution is -0.134. The molecule has 1 amide bonds. The highest BCUT2D eigenvalue weighted by Crippen LogP contribution is 2.20. The van der Waals surface area contributed by atoms with Crippen LogP contribution in [-0.2, 0) is 4.79 Å². The number of rotatable bonds is 9. The summed E-state index contributed by atoms with van der Waals surface area (Å²) in [5.41, 5.74) is 0. The summed E-state index contributed by atoms with van der Waals surface area (Å²) in [6.07, 6.45) is 12.1. The molecule has 2 nitrogen and oxygen atoms in total. The molecule has 2 heteroatoms. The standard InChI is InChI=1S/C14H27NO/c1-3-4-5-6-7-8-9-10-11-13-12(2)14(16)15-13/h12-13H,3-11H2,1-2H3,(H,15,16). The predicted octanol–water partition coefficient (Wildman–Crippen LogP) is 3.65. The van der Waals surface area contributed by atoms with E-state index in [-0.39, 0.29) is 11.8 Å². The molecule has 1 aliphatic heterocycles. The van der Waals surface area contributed by atoms with Gasteiger partial charge in [-0.25, -0.2) is 0 Å². The van der Waals surface area contributed by atoms with E-state index < -0.39 is 0 Å². The fourth-order valence-electron chi connectivity index (χ4n) is 2.35. The van der Waals surface area contributed by atoms with Gasteiger partial charge in [-0.1, -0.05) is 65.2 Å². The van der Waals surface area contributed by atoms with E-state index in [2.05, 4.69) is 12.2 Å². The third-order valence-electron chi connectivity index (χ3n) is 3.71. The second-order valence-corrected chi connectivity index (χ2v) is 5.17. The molecule has 0 aromatic carbocycles. The molecule has 2 unspecified atom stereocenters. The lowest BCUT2D eigenvalue weighted by Gasteiger charge is -2.34. The Morgan fingerprint density at radius 1 is 1.00 bits per heavy atom. The minimum Gasteiger partial charge on any atom is -0.352 e. The molecule has 16 heavy (non-hydrogen) atoms. The highest BCUT2D eigenvalue weighted by Gasteiger charge is 2.33. The highest BCUT2D eigenvalue weighted by atomic mass is 16.2. The summed E-state index contributed by atoms with van der Waals surface area (Å²) in [7, 11) is 0. The van der Waals surface area contributed by atoms with Crippen molar-refractivity contribution < 1.29 is 4.79 Å². The summed E-state index contributed by atoms with van der Waals surface area (Å²) >= 11 is 0. The van der Waals surface area contributed by atoms with Gasteiger partial charge < -0.3 is 5.32 Å². The van der Waals surface area contributed by atoms with E-state index in [0.29, 0.717) is 6.04 Å². The van der Waals surface area contributed by atoms with Crippen molar-refractivity contribution in [3.05, 3.63) is 0 Å². The Labute approximate surface area is 100 Å². The van der Waals surface area contributed by atoms with Crippen molar-refractivity contribution >= 4 is 5.91 Å². The van der Waals surface area contributed by atoms with Gasteiger partial charge in [-0.05, 0) is 6.42 Å². The molecule has 0 saturated carbocycles. The van der Waals surface area contributed by atoms with Crippen molar-refractivity contribution in [1.82, 2.24) is 5.32 Å². The van der Waals surface area contributed by atoms with Crippen LogP contribution in [0.15, 0.2) is 0 Å². The van der Waals surface area contributed by atoms with Gasteiger partial charge >= 0.3 is 0 Å². The van der Waals surface area contributed by atoms with E-state index in [1.807, 2.05) is 6.92 Å². The van der Waals surface area contributed by atoms with Crippen molar-refractivity contribution in [2.24, 2.45) is 5.92 Å². The van der Waals surface area contributed by atoms with Gasteiger partial charge in [0.15, 0.2) is 0 Å². The molecular weight excluding hydrogens is 198 g/mol. The third kappa shape index (κ3) is 4.54. The Morgan fingerprint density at radius 3 is 2.06 bits per heavy atom. The molecule has 1 aliphatic rings. The number of carbonyl (C=O) groups is 1. The van der Waals surface area contributed by atoms with Crippen molar-refractivity contribution in [3.63, 3.8) is 0 Å². The molecule has 0 radical (unpaired) electrons. The maximum atomic E-state index is 11.0. The van der Waals surface area contributed by atoms with Crippen molar-refractivity contribution in [2.45, 2.75) is 77.7 Å². The van der Waals surface area contributed by atoms with Gasteiger partial charge in [0.05, 0.1) is 5.92 Å². The first kappa shape index (κ1) is 13.5. The number of carbonyl (C=O) groups excluding carboxylic acids is 1. The largest absolute Gasteiger partial charge is 0.352 e. The van der Waals surface area contributed by atoms with Gasteiger partial charge in [-0.2, -0.15) is 0 Å². The molecule has 1 fully saturated rings. The quantitative estimate of drug-likeness (QED) is 0.471. The van der Waals surface area contributed by atoms with E-state index in [0.717, 1.165) is 0 Å². The van der Waals surface area contributed by atoms with Crippen LogP contribution < -0.4 is 5.32 Å². The molecule has 1 rings (SSSR count). The second-order valence-electron chi connectivity index (χ2n) is 5.17. The summed E-state index contributed by atoms with van der Waals surface area (Å²) in [4.78, 5) is 11.0. The monoisotopic (exact) mass is 225 g/mol. The number of hydrogen-bond acceptors (Lipinski definition) is 1. The number of β-lactam (4-membered cyclic amide) rings is 1. The van der Waals surface area contributed by atoms with Gasteiger partial charge in [0.25, 0.3) is 0 Å². The average molecular weight is 225 g/mol. The molecule has 0 aromatic heterocycles. The first-order valence-corrected chi connectivity index (χ1v) is 7.06. The zero-order valence-corrected chi connectivity index (χ0v) is 10.9. The number of nitrogens with one attached hydrogen (secondary N) is 1. The second kappa shape index (κ2) is 7.70. The van der Waals surface area contributed by atoms with Gasteiger partial charge in [-0.3, -0.25) is 4.79 Å². The van der Waals surface area contributed by atoms with Crippen LogP contribution in [0.1, 0.15) is 71.6 Å². The molecule has 0 bridgehead atoms. The third-order valence-corrected chi connectivity index (χ3v) is 3.71. The SMILES string of the molecule is CCCCCCCCCCC1NC(=O)C1C. The summed E-state index contributed by atoms with van der Waals surface area (Å²) in [6, 6.07) is 0.479. The first-order valence-electron chi connectivity index (χ1n) is 7.06. The molecule has 1 N–H and O–H groups in total. The average Bonchev–Trinajstić information content (AvgIpc) is 2.30. The lowest BCUT2D eigenvalue weighted by Crippen LogP contribution is -2.56. The van der Waals surface area contributed by atoms with Gasteiger partial charge in [-0.15, -0.1) is 0 Å².